The van der Waals surface area contributed by atoms with Crippen molar-refractivity contribution in [2.24, 2.45) is 0 Å². The van der Waals surface area contributed by atoms with Crippen LogP contribution in [0, 0.1) is 6.92 Å². The molecule has 1 unspecified atom stereocenters. The summed E-state index contributed by atoms with van der Waals surface area (Å²) in [6.45, 7) is 2.69. The van der Waals surface area contributed by atoms with Gasteiger partial charge in [-0.2, -0.15) is 0 Å². The van der Waals surface area contributed by atoms with E-state index >= 15 is 0 Å². The molecule has 0 saturated heterocycles. The van der Waals surface area contributed by atoms with Crippen molar-refractivity contribution < 1.29 is 9.21 Å². The number of hydrogen-bond donors (Lipinski definition) is 1. The minimum atomic E-state index is -0.250. The van der Waals surface area contributed by atoms with Gasteiger partial charge in [0.2, 0.25) is 5.91 Å². The Labute approximate surface area is 154 Å². The lowest BCUT2D eigenvalue weighted by molar-refractivity contribution is -0.122. The quantitative estimate of drug-likeness (QED) is 0.625. The number of aromatic nitrogens is 1. The van der Waals surface area contributed by atoms with Crippen LogP contribution in [-0.4, -0.2) is 17.4 Å². The van der Waals surface area contributed by atoms with E-state index in [0.29, 0.717) is 13.0 Å². The van der Waals surface area contributed by atoms with Crippen LogP contribution in [0.25, 0.3) is 0 Å². The molecule has 3 rings (SSSR count). The molecule has 2 heterocycles. The largest absolute Gasteiger partial charge is 0.469 e. The number of rotatable bonds is 8. The van der Waals surface area contributed by atoms with Crippen LogP contribution in [0.15, 0.2) is 71.6 Å². The van der Waals surface area contributed by atoms with E-state index in [9.17, 15) is 4.79 Å². The van der Waals surface area contributed by atoms with Gasteiger partial charge in [0.1, 0.15) is 5.76 Å². The van der Waals surface area contributed by atoms with Crippen LogP contribution in [0.2, 0.25) is 0 Å². The third-order valence-corrected chi connectivity index (χ3v) is 4.45. The zero-order chi connectivity index (χ0) is 18.2. The number of benzene rings is 1. The highest BCUT2D eigenvalue weighted by atomic mass is 16.3. The number of pyridine rings is 1. The van der Waals surface area contributed by atoms with Crippen molar-refractivity contribution in [3.63, 3.8) is 0 Å². The molecule has 0 aliphatic carbocycles. The summed E-state index contributed by atoms with van der Waals surface area (Å²) in [5.74, 6) is 0.609. The molecule has 1 aromatic carbocycles. The number of nitrogens with one attached hydrogen (secondary N) is 1. The topological polar surface area (TPSA) is 55.1 Å². The Morgan fingerprint density at radius 1 is 1.15 bits per heavy atom. The van der Waals surface area contributed by atoms with Crippen molar-refractivity contribution in [1.29, 1.82) is 0 Å². The fraction of sp³-hybridized carbons (Fsp3) is 0.273. The molecule has 0 radical (unpaired) electrons. The van der Waals surface area contributed by atoms with Crippen LogP contribution >= 0.6 is 0 Å². The summed E-state index contributed by atoms with van der Waals surface area (Å²) in [4.78, 5) is 16.9. The highest BCUT2D eigenvalue weighted by molar-refractivity contribution is 5.83. The first-order valence-corrected chi connectivity index (χ1v) is 8.98. The van der Waals surface area contributed by atoms with Crippen LogP contribution in [-0.2, 0) is 17.6 Å². The summed E-state index contributed by atoms with van der Waals surface area (Å²) in [6.07, 6.45) is 7.64. The van der Waals surface area contributed by atoms with Gasteiger partial charge < -0.3 is 9.73 Å². The first-order chi connectivity index (χ1) is 12.7. The number of nitrogens with zero attached hydrogens (tertiary/aromatic N) is 1. The predicted octanol–water partition coefficient (Wildman–Crippen LogP) is 4.06. The number of furan rings is 1. The van der Waals surface area contributed by atoms with Gasteiger partial charge in [-0.15, -0.1) is 0 Å². The molecule has 3 aromatic rings. The second kappa shape index (κ2) is 8.99. The predicted molar refractivity (Wildman–Crippen MR) is 102 cm³/mol. The molecule has 0 saturated carbocycles. The third kappa shape index (κ3) is 5.06. The van der Waals surface area contributed by atoms with E-state index < -0.39 is 0 Å². The normalized spacial score (nSPS) is 11.9. The van der Waals surface area contributed by atoms with Crippen LogP contribution < -0.4 is 5.32 Å². The molecule has 1 amide bonds. The van der Waals surface area contributed by atoms with E-state index in [1.807, 2.05) is 55.6 Å². The molecule has 0 fully saturated rings. The highest BCUT2D eigenvalue weighted by Crippen LogP contribution is 2.22. The van der Waals surface area contributed by atoms with E-state index in [2.05, 4.69) is 16.4 Å². The Morgan fingerprint density at radius 3 is 2.69 bits per heavy atom. The van der Waals surface area contributed by atoms with E-state index in [4.69, 9.17) is 4.42 Å². The zero-order valence-corrected chi connectivity index (χ0v) is 15.0. The Morgan fingerprint density at radius 2 is 2.00 bits per heavy atom. The van der Waals surface area contributed by atoms with Crippen molar-refractivity contribution in [1.82, 2.24) is 10.3 Å². The number of carbonyl (C=O) groups excluding carboxylic acids is 1. The maximum atomic E-state index is 12.8. The molecule has 4 heteroatoms. The Hall–Kier alpha value is -2.88. The van der Waals surface area contributed by atoms with Crippen LogP contribution in [0.4, 0.5) is 0 Å². The molecule has 0 aliphatic heterocycles. The van der Waals surface area contributed by atoms with Crippen LogP contribution in [0.5, 0.6) is 0 Å². The number of hydrogen-bond acceptors (Lipinski definition) is 3. The minimum absolute atomic E-state index is 0.0384. The molecule has 2 aromatic heterocycles. The SMILES string of the molecule is Cc1ccc(C(Cc2ccco2)C(=O)NCCCc2cccnc2)cc1. The van der Waals surface area contributed by atoms with E-state index in [1.54, 1.807) is 12.5 Å². The maximum absolute atomic E-state index is 12.8. The smallest absolute Gasteiger partial charge is 0.228 e. The van der Waals surface area contributed by atoms with Gasteiger partial charge in [-0.1, -0.05) is 35.9 Å². The third-order valence-electron chi connectivity index (χ3n) is 4.45. The van der Waals surface area contributed by atoms with Crippen molar-refractivity contribution in [3.05, 3.63) is 89.6 Å². The van der Waals surface area contributed by atoms with Gasteiger partial charge in [0.05, 0.1) is 12.2 Å². The minimum Gasteiger partial charge on any atom is -0.469 e. The summed E-state index contributed by atoms with van der Waals surface area (Å²) in [7, 11) is 0. The lowest BCUT2D eigenvalue weighted by Gasteiger charge is -2.17. The first kappa shape index (κ1) is 17.9. The molecular weight excluding hydrogens is 324 g/mol. The molecule has 0 aliphatic rings. The van der Waals surface area contributed by atoms with Gasteiger partial charge in [-0.3, -0.25) is 9.78 Å². The summed E-state index contributed by atoms with van der Waals surface area (Å²) in [6, 6.07) is 15.9. The Kier molecular flexibility index (Phi) is 6.20. The van der Waals surface area contributed by atoms with Gasteiger partial charge in [0.15, 0.2) is 0 Å². The molecule has 0 spiro atoms. The van der Waals surface area contributed by atoms with Crippen molar-refractivity contribution in [3.8, 4) is 0 Å². The van der Waals surface area contributed by atoms with E-state index in [0.717, 1.165) is 24.2 Å². The molecule has 26 heavy (non-hydrogen) atoms. The Bertz CT molecular complexity index is 796. The van der Waals surface area contributed by atoms with E-state index in [1.165, 1.54) is 11.1 Å². The number of amides is 1. The molecule has 0 bridgehead atoms. The van der Waals surface area contributed by atoms with Crippen molar-refractivity contribution in [2.45, 2.75) is 32.1 Å². The Balaban J connectivity index is 1.60. The zero-order valence-electron chi connectivity index (χ0n) is 15.0. The molecule has 134 valence electrons. The first-order valence-electron chi connectivity index (χ1n) is 8.98. The van der Waals surface area contributed by atoms with Gasteiger partial charge in [-0.05, 0) is 49.1 Å². The summed E-state index contributed by atoms with van der Waals surface area (Å²) >= 11 is 0. The van der Waals surface area contributed by atoms with Crippen LogP contribution in [0.1, 0.15) is 34.8 Å². The summed E-state index contributed by atoms with van der Waals surface area (Å²) in [5, 5.41) is 3.08. The second-order valence-electron chi connectivity index (χ2n) is 6.50. The van der Waals surface area contributed by atoms with Crippen LogP contribution in [0.3, 0.4) is 0 Å². The molecular formula is C22H24N2O2. The lowest BCUT2D eigenvalue weighted by atomic mass is 9.93. The monoisotopic (exact) mass is 348 g/mol. The molecule has 1 atom stereocenters. The van der Waals surface area contributed by atoms with Crippen molar-refractivity contribution in [2.75, 3.05) is 6.54 Å². The second-order valence-corrected chi connectivity index (χ2v) is 6.50. The van der Waals surface area contributed by atoms with Gasteiger partial charge >= 0.3 is 0 Å². The van der Waals surface area contributed by atoms with Gasteiger partial charge in [-0.25, -0.2) is 0 Å². The summed E-state index contributed by atoms with van der Waals surface area (Å²) in [5.41, 5.74) is 3.38. The number of carbonyl (C=O) groups is 1. The summed E-state index contributed by atoms with van der Waals surface area (Å²) < 4.78 is 5.46. The molecule has 4 nitrogen and oxygen atoms in total. The standard InChI is InChI=1S/C22H24N2O2/c1-17-8-10-19(11-9-17)21(15-20-7-4-14-26-20)22(25)24-13-3-6-18-5-2-12-23-16-18/h2,4-5,7-12,14,16,21H,3,6,13,15H2,1H3,(H,24,25). The van der Waals surface area contributed by atoms with Crippen molar-refractivity contribution >= 4 is 5.91 Å². The highest BCUT2D eigenvalue weighted by Gasteiger charge is 2.22. The molecule has 1 N–H and O–H groups in total. The van der Waals surface area contributed by atoms with E-state index in [-0.39, 0.29) is 11.8 Å². The number of aryl methyl sites for hydroxylation is 2. The fourth-order valence-corrected chi connectivity index (χ4v) is 2.96. The average Bonchev–Trinajstić information content (AvgIpc) is 3.18. The van der Waals surface area contributed by atoms with Gasteiger partial charge in [0.25, 0.3) is 0 Å². The lowest BCUT2D eigenvalue weighted by Crippen LogP contribution is -2.31. The maximum Gasteiger partial charge on any atom is 0.228 e. The van der Waals surface area contributed by atoms with Gasteiger partial charge in [0, 0.05) is 25.4 Å². The fourth-order valence-electron chi connectivity index (χ4n) is 2.96. The average molecular weight is 348 g/mol.